The predicted octanol–water partition coefficient (Wildman–Crippen LogP) is 3.91. The lowest BCUT2D eigenvalue weighted by atomic mass is 9.89. The summed E-state index contributed by atoms with van der Waals surface area (Å²) in [7, 11) is -4.48. The van der Waals surface area contributed by atoms with E-state index in [0.717, 1.165) is 11.1 Å². The van der Waals surface area contributed by atoms with Crippen LogP contribution in [0.3, 0.4) is 0 Å². The van der Waals surface area contributed by atoms with E-state index in [2.05, 4.69) is 0 Å². The first-order valence-corrected chi connectivity index (χ1v) is 8.55. The van der Waals surface area contributed by atoms with Crippen molar-refractivity contribution in [1.29, 1.82) is 0 Å². The molecule has 5 heteroatoms. The molecular weight excluding hydrogens is 300 g/mol. The fourth-order valence-electron chi connectivity index (χ4n) is 2.43. The van der Waals surface area contributed by atoms with E-state index in [4.69, 9.17) is 0 Å². The standard InChI is InChI=1S/C17H20O4S/c1-11(2)14-9-15(12(3)13-7-5-4-6-8-13)17(18)16(10-14)22(19,20)21/h4-12,18H,1-3H3,(H,19,20,21). The van der Waals surface area contributed by atoms with Gasteiger partial charge in [-0.25, -0.2) is 0 Å². The molecule has 1 unspecified atom stereocenters. The second kappa shape index (κ2) is 6.10. The zero-order valence-corrected chi connectivity index (χ0v) is 13.6. The van der Waals surface area contributed by atoms with Crippen molar-refractivity contribution in [1.82, 2.24) is 0 Å². The first kappa shape index (κ1) is 16.5. The van der Waals surface area contributed by atoms with E-state index in [1.165, 1.54) is 6.07 Å². The average molecular weight is 320 g/mol. The van der Waals surface area contributed by atoms with Gasteiger partial charge in [0.2, 0.25) is 0 Å². The molecular formula is C17H20O4S. The number of phenolic OH excluding ortho intramolecular Hbond substituents is 1. The Morgan fingerprint density at radius 2 is 1.55 bits per heavy atom. The second-order valence-corrected chi connectivity index (χ2v) is 7.11. The van der Waals surface area contributed by atoms with Crippen LogP contribution in [0.5, 0.6) is 5.75 Å². The molecule has 2 N–H and O–H groups in total. The molecule has 0 aliphatic carbocycles. The fraction of sp³-hybridized carbons (Fsp3) is 0.294. The van der Waals surface area contributed by atoms with E-state index in [1.807, 2.05) is 51.1 Å². The van der Waals surface area contributed by atoms with Gasteiger partial charge in [0.25, 0.3) is 10.1 Å². The van der Waals surface area contributed by atoms with Crippen molar-refractivity contribution in [2.45, 2.75) is 37.5 Å². The van der Waals surface area contributed by atoms with E-state index in [0.29, 0.717) is 5.56 Å². The minimum atomic E-state index is -4.48. The van der Waals surface area contributed by atoms with Gasteiger partial charge in [-0.1, -0.05) is 57.2 Å². The lowest BCUT2D eigenvalue weighted by molar-refractivity contribution is 0.435. The molecule has 4 nitrogen and oxygen atoms in total. The predicted molar refractivity (Wildman–Crippen MR) is 86.0 cm³/mol. The molecule has 0 aromatic heterocycles. The van der Waals surface area contributed by atoms with Crippen LogP contribution in [0.15, 0.2) is 47.4 Å². The van der Waals surface area contributed by atoms with Crippen LogP contribution in [0.2, 0.25) is 0 Å². The Bertz CT molecular complexity index is 765. The normalized spacial score (nSPS) is 13.3. The van der Waals surface area contributed by atoms with Crippen molar-refractivity contribution in [3.8, 4) is 5.75 Å². The summed E-state index contributed by atoms with van der Waals surface area (Å²) >= 11 is 0. The van der Waals surface area contributed by atoms with E-state index in [1.54, 1.807) is 6.07 Å². The molecule has 0 aliphatic rings. The quantitative estimate of drug-likeness (QED) is 0.837. The maximum Gasteiger partial charge on any atom is 0.298 e. The molecule has 0 saturated heterocycles. The Balaban J connectivity index is 2.67. The van der Waals surface area contributed by atoms with Crippen molar-refractivity contribution >= 4 is 10.1 Å². The van der Waals surface area contributed by atoms with Crippen LogP contribution >= 0.6 is 0 Å². The molecule has 2 aromatic rings. The molecule has 0 amide bonds. The van der Waals surface area contributed by atoms with Crippen LogP contribution < -0.4 is 0 Å². The summed E-state index contributed by atoms with van der Waals surface area (Å²) in [4.78, 5) is -0.434. The van der Waals surface area contributed by atoms with Crippen LogP contribution in [-0.4, -0.2) is 18.1 Å². The molecule has 1 atom stereocenters. The summed E-state index contributed by atoms with van der Waals surface area (Å²) in [6.45, 7) is 5.75. The summed E-state index contributed by atoms with van der Waals surface area (Å²) in [5, 5.41) is 10.3. The van der Waals surface area contributed by atoms with Gasteiger partial charge in [-0.3, -0.25) is 4.55 Å². The van der Waals surface area contributed by atoms with Crippen LogP contribution in [-0.2, 0) is 10.1 Å². The van der Waals surface area contributed by atoms with Gasteiger partial charge in [0, 0.05) is 11.5 Å². The summed E-state index contributed by atoms with van der Waals surface area (Å²) in [6, 6.07) is 12.6. The summed E-state index contributed by atoms with van der Waals surface area (Å²) in [6.07, 6.45) is 0. The Kier molecular flexibility index (Phi) is 4.58. The van der Waals surface area contributed by atoms with E-state index >= 15 is 0 Å². The third-order valence-corrected chi connectivity index (χ3v) is 4.70. The van der Waals surface area contributed by atoms with Gasteiger partial charge in [0.1, 0.15) is 10.6 Å². The molecule has 0 heterocycles. The molecule has 2 rings (SSSR count). The molecule has 0 radical (unpaired) electrons. The van der Waals surface area contributed by atoms with Crippen LogP contribution in [0.25, 0.3) is 0 Å². The zero-order chi connectivity index (χ0) is 16.5. The molecule has 0 bridgehead atoms. The molecule has 2 aromatic carbocycles. The van der Waals surface area contributed by atoms with Gasteiger partial charge in [0.05, 0.1) is 0 Å². The van der Waals surface area contributed by atoms with Crippen molar-refractivity contribution in [2.24, 2.45) is 0 Å². The average Bonchev–Trinajstić information content (AvgIpc) is 2.46. The third-order valence-electron chi connectivity index (χ3n) is 3.84. The van der Waals surface area contributed by atoms with E-state index in [-0.39, 0.29) is 17.6 Å². The maximum atomic E-state index is 11.5. The van der Waals surface area contributed by atoms with Gasteiger partial charge in [-0.15, -0.1) is 0 Å². The molecule has 22 heavy (non-hydrogen) atoms. The number of hydrogen-bond acceptors (Lipinski definition) is 3. The first-order valence-electron chi connectivity index (χ1n) is 7.11. The van der Waals surface area contributed by atoms with Crippen molar-refractivity contribution in [2.75, 3.05) is 0 Å². The third kappa shape index (κ3) is 3.31. The number of phenols is 1. The van der Waals surface area contributed by atoms with Crippen LogP contribution in [0.4, 0.5) is 0 Å². The van der Waals surface area contributed by atoms with Gasteiger partial charge in [-0.2, -0.15) is 8.42 Å². The van der Waals surface area contributed by atoms with Crippen molar-refractivity contribution in [3.63, 3.8) is 0 Å². The number of rotatable bonds is 4. The molecule has 0 saturated carbocycles. The highest BCUT2D eigenvalue weighted by Crippen LogP contribution is 2.38. The molecule has 0 fully saturated rings. The van der Waals surface area contributed by atoms with E-state index in [9.17, 15) is 18.1 Å². The van der Waals surface area contributed by atoms with Gasteiger partial charge in [-0.05, 0) is 23.1 Å². The van der Waals surface area contributed by atoms with E-state index < -0.39 is 15.0 Å². The monoisotopic (exact) mass is 320 g/mol. The zero-order valence-electron chi connectivity index (χ0n) is 12.8. The molecule has 118 valence electrons. The van der Waals surface area contributed by atoms with Gasteiger partial charge >= 0.3 is 0 Å². The maximum absolute atomic E-state index is 11.5. The van der Waals surface area contributed by atoms with Gasteiger partial charge < -0.3 is 5.11 Å². The Hall–Kier alpha value is -1.85. The Morgan fingerprint density at radius 1 is 0.955 bits per heavy atom. The highest BCUT2D eigenvalue weighted by molar-refractivity contribution is 7.86. The highest BCUT2D eigenvalue weighted by atomic mass is 32.2. The van der Waals surface area contributed by atoms with Crippen molar-refractivity contribution < 1.29 is 18.1 Å². The summed E-state index contributed by atoms with van der Waals surface area (Å²) in [5.41, 5.74) is 2.20. The lowest BCUT2D eigenvalue weighted by Crippen LogP contribution is -2.05. The number of benzene rings is 2. The minimum absolute atomic E-state index is 0.0721. The number of hydrogen-bond donors (Lipinski definition) is 2. The Morgan fingerprint density at radius 3 is 2.05 bits per heavy atom. The van der Waals surface area contributed by atoms with Crippen LogP contribution in [0.1, 0.15) is 49.3 Å². The SMILES string of the molecule is CC(C)c1cc(C(C)c2ccccc2)c(O)c(S(=O)(=O)O)c1. The second-order valence-electron chi connectivity index (χ2n) is 5.72. The molecule has 0 aliphatic heterocycles. The lowest BCUT2D eigenvalue weighted by Gasteiger charge is -2.18. The largest absolute Gasteiger partial charge is 0.506 e. The Labute approximate surface area is 131 Å². The fourth-order valence-corrected chi connectivity index (χ4v) is 3.08. The summed E-state index contributed by atoms with van der Waals surface area (Å²) < 4.78 is 32.4. The van der Waals surface area contributed by atoms with Crippen LogP contribution in [0, 0.1) is 0 Å². The first-order chi connectivity index (χ1) is 10.2. The van der Waals surface area contributed by atoms with Crippen molar-refractivity contribution in [3.05, 3.63) is 59.2 Å². The molecule has 0 spiro atoms. The highest BCUT2D eigenvalue weighted by Gasteiger charge is 2.23. The summed E-state index contributed by atoms with van der Waals surface area (Å²) in [5.74, 6) is -0.508. The topological polar surface area (TPSA) is 74.6 Å². The smallest absolute Gasteiger partial charge is 0.298 e. The number of aromatic hydroxyl groups is 1. The van der Waals surface area contributed by atoms with Gasteiger partial charge in [0.15, 0.2) is 0 Å². The minimum Gasteiger partial charge on any atom is -0.506 e.